The molecule has 0 saturated carbocycles. The highest BCUT2D eigenvalue weighted by Crippen LogP contribution is 2.37. The molecule has 0 radical (unpaired) electrons. The Hall–Kier alpha value is -3.59. The van der Waals surface area contributed by atoms with Crippen LogP contribution in [0.3, 0.4) is 0 Å². The maximum absolute atomic E-state index is 11.6. The Kier molecular flexibility index (Phi) is 10.8. The average molecular weight is 530 g/mol. The van der Waals surface area contributed by atoms with Crippen LogP contribution in [0.15, 0.2) is 36.7 Å². The van der Waals surface area contributed by atoms with E-state index < -0.39 is 5.97 Å². The number of benzene rings is 2. The maximum Gasteiger partial charge on any atom is 0.308 e. The second-order valence-corrected chi connectivity index (χ2v) is 8.85. The van der Waals surface area contributed by atoms with Crippen molar-refractivity contribution < 1.29 is 28.5 Å². The number of carbonyl (C=O) groups is 2. The van der Waals surface area contributed by atoms with Gasteiger partial charge in [0.1, 0.15) is 17.9 Å². The van der Waals surface area contributed by atoms with Crippen LogP contribution in [-0.4, -0.2) is 42.2 Å². The lowest BCUT2D eigenvalue weighted by molar-refractivity contribution is -0.141. The maximum atomic E-state index is 11.6. The van der Waals surface area contributed by atoms with Crippen molar-refractivity contribution in [2.24, 2.45) is 0 Å². The van der Waals surface area contributed by atoms with Gasteiger partial charge in [0.05, 0.1) is 31.5 Å². The Morgan fingerprint density at radius 1 is 0.865 bits per heavy atom. The topological polar surface area (TPSA) is 109 Å². The molecule has 0 spiro atoms. The van der Waals surface area contributed by atoms with Gasteiger partial charge in [0.15, 0.2) is 11.5 Å². The Morgan fingerprint density at radius 3 is 2.30 bits per heavy atom. The minimum absolute atomic E-state index is 0.229. The van der Waals surface area contributed by atoms with E-state index in [0.29, 0.717) is 52.1 Å². The summed E-state index contributed by atoms with van der Waals surface area (Å²) in [5.74, 6) is 1.12. The summed E-state index contributed by atoms with van der Waals surface area (Å²) in [5, 5.41) is 4.47. The number of unbranched alkanes of at least 4 members (excludes halogenated alkanes) is 5. The van der Waals surface area contributed by atoms with Crippen molar-refractivity contribution in [3.8, 4) is 17.2 Å². The third-order valence-corrected chi connectivity index (χ3v) is 5.71. The molecule has 0 atom stereocenters. The van der Waals surface area contributed by atoms with Crippen LogP contribution in [0.1, 0.15) is 52.4 Å². The number of esters is 2. The Balaban J connectivity index is 1.63. The van der Waals surface area contributed by atoms with Gasteiger partial charge in [-0.3, -0.25) is 9.59 Å². The van der Waals surface area contributed by atoms with Gasteiger partial charge in [-0.2, -0.15) is 0 Å². The number of halogens is 1. The zero-order valence-electron chi connectivity index (χ0n) is 21.3. The molecule has 0 fully saturated rings. The number of hydrogen-bond donors (Lipinski definition) is 1. The summed E-state index contributed by atoms with van der Waals surface area (Å²) in [5.41, 5.74) is 1.27. The van der Waals surface area contributed by atoms with E-state index in [1.54, 1.807) is 24.3 Å². The van der Waals surface area contributed by atoms with E-state index in [2.05, 4.69) is 15.3 Å². The number of aromatic nitrogens is 2. The van der Waals surface area contributed by atoms with E-state index in [-0.39, 0.29) is 11.7 Å². The van der Waals surface area contributed by atoms with Crippen LogP contribution in [0.25, 0.3) is 10.9 Å². The fourth-order valence-corrected chi connectivity index (χ4v) is 3.89. The molecule has 1 aromatic heterocycles. The van der Waals surface area contributed by atoms with Gasteiger partial charge in [0.2, 0.25) is 0 Å². The molecule has 0 aliphatic carbocycles. The van der Waals surface area contributed by atoms with Gasteiger partial charge >= 0.3 is 11.9 Å². The molecule has 9 nitrogen and oxygen atoms in total. The highest BCUT2D eigenvalue weighted by Gasteiger charge is 2.15. The summed E-state index contributed by atoms with van der Waals surface area (Å²) in [4.78, 5) is 31.0. The van der Waals surface area contributed by atoms with Crippen LogP contribution < -0.4 is 19.5 Å². The molecule has 37 heavy (non-hydrogen) atoms. The summed E-state index contributed by atoms with van der Waals surface area (Å²) in [6, 6.07) is 8.70. The van der Waals surface area contributed by atoms with E-state index in [0.717, 1.165) is 38.5 Å². The van der Waals surface area contributed by atoms with Gasteiger partial charge in [-0.1, -0.05) is 37.3 Å². The van der Waals surface area contributed by atoms with Gasteiger partial charge in [-0.25, -0.2) is 9.97 Å². The molecule has 10 heteroatoms. The second kappa shape index (κ2) is 14.2. The Labute approximate surface area is 221 Å². The first-order chi connectivity index (χ1) is 17.9. The van der Waals surface area contributed by atoms with Crippen LogP contribution >= 0.6 is 11.6 Å². The number of nitrogens with zero attached hydrogens (tertiary/aromatic N) is 2. The fraction of sp³-hybridized carbons (Fsp3) is 0.407. The first kappa shape index (κ1) is 28.0. The number of methoxy groups -OCH3 is 1. The summed E-state index contributed by atoms with van der Waals surface area (Å²) in [7, 11) is 1.50. The molecule has 0 saturated heterocycles. The van der Waals surface area contributed by atoms with Crippen molar-refractivity contribution in [3.05, 3.63) is 41.7 Å². The zero-order chi connectivity index (χ0) is 26.6. The molecule has 0 amide bonds. The summed E-state index contributed by atoms with van der Waals surface area (Å²) in [6.07, 6.45) is 7.51. The zero-order valence-corrected chi connectivity index (χ0v) is 22.1. The average Bonchev–Trinajstić information content (AvgIpc) is 2.85. The lowest BCUT2D eigenvalue weighted by atomic mass is 10.1. The van der Waals surface area contributed by atoms with Crippen molar-refractivity contribution in [2.75, 3.05) is 25.6 Å². The smallest absolute Gasteiger partial charge is 0.308 e. The third kappa shape index (κ3) is 8.78. The molecule has 0 bridgehead atoms. The van der Waals surface area contributed by atoms with Crippen LogP contribution in [0, 0.1) is 0 Å². The van der Waals surface area contributed by atoms with Crippen molar-refractivity contribution >= 4 is 45.9 Å². The number of carbonyl (C=O) groups excluding carboxylic acids is 2. The molecule has 0 aliphatic rings. The number of nitrogens with one attached hydrogen (secondary N) is 1. The molecular formula is C27H32ClN3O6. The molecule has 3 aromatic rings. The predicted molar refractivity (Wildman–Crippen MR) is 142 cm³/mol. The number of ether oxygens (including phenoxy) is 4. The minimum Gasteiger partial charge on any atom is -0.493 e. The molecule has 1 heterocycles. The number of hydrogen-bond acceptors (Lipinski definition) is 9. The Morgan fingerprint density at radius 2 is 1.59 bits per heavy atom. The molecule has 0 aliphatic heterocycles. The van der Waals surface area contributed by atoms with Crippen molar-refractivity contribution in [3.63, 3.8) is 0 Å². The molecule has 1 N–H and O–H groups in total. The van der Waals surface area contributed by atoms with Crippen LogP contribution in [0.4, 0.5) is 11.5 Å². The summed E-state index contributed by atoms with van der Waals surface area (Å²) < 4.78 is 21.6. The number of fused-ring (bicyclic) bond motifs is 1. The minimum atomic E-state index is -0.462. The summed E-state index contributed by atoms with van der Waals surface area (Å²) >= 11 is 6.27. The van der Waals surface area contributed by atoms with Gasteiger partial charge in [0, 0.05) is 30.3 Å². The highest BCUT2D eigenvalue weighted by atomic mass is 35.5. The fourth-order valence-electron chi connectivity index (χ4n) is 3.72. The Bertz CT molecular complexity index is 1220. The van der Waals surface area contributed by atoms with Crippen LogP contribution in [0.2, 0.25) is 5.02 Å². The van der Waals surface area contributed by atoms with Crippen LogP contribution in [0.5, 0.6) is 17.2 Å². The standard InChI is InChI=1S/C27H32ClN3O6/c1-18(32)35-12-8-6-4-5-7-9-13-36-24-11-10-20(28)14-23(24)31-27-21-15-26(37-19(2)33)25(34-3)16-22(21)29-17-30-27/h10-11,14-17H,4-9,12-13H2,1-3H3,(H,29,30,31). The van der Waals surface area contributed by atoms with E-state index >= 15 is 0 Å². The molecule has 198 valence electrons. The van der Waals surface area contributed by atoms with Crippen molar-refractivity contribution in [1.82, 2.24) is 9.97 Å². The van der Waals surface area contributed by atoms with E-state index in [4.69, 9.17) is 30.5 Å². The van der Waals surface area contributed by atoms with E-state index in [1.165, 1.54) is 27.3 Å². The van der Waals surface area contributed by atoms with Gasteiger partial charge in [0.25, 0.3) is 0 Å². The highest BCUT2D eigenvalue weighted by molar-refractivity contribution is 6.31. The lowest BCUT2D eigenvalue weighted by Gasteiger charge is -2.15. The monoisotopic (exact) mass is 529 g/mol. The number of rotatable bonds is 14. The predicted octanol–water partition coefficient (Wildman–Crippen LogP) is 6.24. The molecule has 2 aromatic carbocycles. The third-order valence-electron chi connectivity index (χ3n) is 5.47. The SMILES string of the molecule is COc1cc2ncnc(Nc3cc(Cl)ccc3OCCCCCCCCOC(C)=O)c2cc1OC(C)=O. The van der Waals surface area contributed by atoms with Crippen LogP contribution in [-0.2, 0) is 14.3 Å². The first-order valence-corrected chi connectivity index (χ1v) is 12.6. The van der Waals surface area contributed by atoms with Crippen molar-refractivity contribution in [2.45, 2.75) is 52.4 Å². The lowest BCUT2D eigenvalue weighted by Crippen LogP contribution is -2.05. The van der Waals surface area contributed by atoms with E-state index in [1.807, 2.05) is 6.07 Å². The largest absolute Gasteiger partial charge is 0.493 e. The quantitative estimate of drug-likeness (QED) is 0.147. The normalized spacial score (nSPS) is 10.7. The second-order valence-electron chi connectivity index (χ2n) is 8.41. The van der Waals surface area contributed by atoms with Gasteiger partial charge in [-0.15, -0.1) is 0 Å². The summed E-state index contributed by atoms with van der Waals surface area (Å²) in [6.45, 7) is 3.80. The van der Waals surface area contributed by atoms with Gasteiger partial charge < -0.3 is 24.3 Å². The van der Waals surface area contributed by atoms with E-state index in [9.17, 15) is 9.59 Å². The molecular weight excluding hydrogens is 498 g/mol. The van der Waals surface area contributed by atoms with Crippen molar-refractivity contribution in [1.29, 1.82) is 0 Å². The number of anilines is 2. The van der Waals surface area contributed by atoms with Gasteiger partial charge in [-0.05, 0) is 37.1 Å². The first-order valence-electron chi connectivity index (χ1n) is 12.2. The molecule has 3 rings (SSSR count). The molecule has 0 unspecified atom stereocenters.